The summed E-state index contributed by atoms with van der Waals surface area (Å²) in [5, 5.41) is 32.5. The number of piperidine rings is 1. The number of halogens is 2. The molecular weight excluding hydrogens is 1230 g/mol. The third-order valence-corrected chi connectivity index (χ3v) is 17.7. The Morgan fingerprint density at radius 1 is 0.796 bits per heavy atom. The van der Waals surface area contributed by atoms with Crippen molar-refractivity contribution in [1.82, 2.24) is 55.7 Å². The van der Waals surface area contributed by atoms with Crippen molar-refractivity contribution >= 4 is 77.0 Å². The number of hydrogen-bond acceptors (Lipinski definition) is 19. The van der Waals surface area contributed by atoms with Gasteiger partial charge in [-0.05, 0) is 100 Å². The summed E-state index contributed by atoms with van der Waals surface area (Å²) >= 11 is 1.31. The molecule has 3 atom stereocenters. The molecule has 3 aliphatic rings. The van der Waals surface area contributed by atoms with Gasteiger partial charge in [0, 0.05) is 114 Å². The molecule has 0 bridgehead atoms. The number of terminal acetylenes is 1. The molecule has 0 saturated carbocycles. The zero-order chi connectivity index (χ0) is 67.0. The molecule has 25 nitrogen and oxygen atoms in total. The maximum atomic E-state index is 14.0. The number of aryl methyl sites for hydroxylation is 2. The summed E-state index contributed by atoms with van der Waals surface area (Å²) in [7, 11) is 0. The SMILES string of the molecule is C#C[C@H]1CC(F)(F)CN1C(=O)CNC(=O)c1ccnc2ccc(OCCCCC3CCN(C(=O)C(O)CSCCNC(=O)C(CCCCNC(=O)CCCc4ccc(C)cc4)NC(=O)CN4CCN(COC=O)CCN(COC=O)CCN(CC(=O)O)CC4)CC3)cc12. The predicted molar refractivity (Wildman–Crippen MR) is 344 cm³/mol. The Kier molecular flexibility index (Phi) is 31.9. The van der Waals surface area contributed by atoms with E-state index in [0.717, 1.165) is 49.0 Å². The van der Waals surface area contributed by atoms with Gasteiger partial charge in [-0.3, -0.25) is 67.7 Å². The second-order valence-electron chi connectivity index (χ2n) is 23.8. The number of pyridine rings is 1. The quantitative estimate of drug-likeness (QED) is 0.0277. The molecule has 2 unspecified atom stereocenters. The highest BCUT2D eigenvalue weighted by Gasteiger charge is 2.46. The number of nitrogens with zero attached hydrogens (tertiary/aromatic N) is 7. The fourth-order valence-electron chi connectivity index (χ4n) is 11.3. The van der Waals surface area contributed by atoms with Crippen molar-refractivity contribution in [2.75, 3.05) is 136 Å². The molecule has 3 fully saturated rings. The van der Waals surface area contributed by atoms with Gasteiger partial charge in [-0.1, -0.05) is 42.2 Å². The Balaban J connectivity index is 0.919. The Labute approximate surface area is 546 Å². The number of fused-ring (bicyclic) bond motifs is 1. The highest BCUT2D eigenvalue weighted by Crippen LogP contribution is 2.32. The van der Waals surface area contributed by atoms with Crippen LogP contribution >= 0.6 is 11.8 Å². The molecule has 0 radical (unpaired) electrons. The fraction of sp³-hybridized carbons (Fsp3) is 0.600. The lowest BCUT2D eigenvalue weighted by molar-refractivity contribution is -0.140. The highest BCUT2D eigenvalue weighted by atomic mass is 32.2. The van der Waals surface area contributed by atoms with Gasteiger partial charge >= 0.3 is 5.97 Å². The number of thioether (sulfide) groups is 1. The minimum absolute atomic E-state index is 0.0125. The Morgan fingerprint density at radius 3 is 2.12 bits per heavy atom. The molecule has 1 aromatic heterocycles. The summed E-state index contributed by atoms with van der Waals surface area (Å²) in [6.45, 7) is 5.65. The van der Waals surface area contributed by atoms with E-state index in [2.05, 4.69) is 44.3 Å². The zero-order valence-electron chi connectivity index (χ0n) is 53.2. The van der Waals surface area contributed by atoms with Crippen molar-refractivity contribution in [2.45, 2.75) is 108 Å². The molecule has 3 aliphatic heterocycles. The lowest BCUT2D eigenvalue weighted by Gasteiger charge is -2.33. The monoisotopic (exact) mass is 1320 g/mol. The van der Waals surface area contributed by atoms with Crippen LogP contribution in [0.3, 0.4) is 0 Å². The van der Waals surface area contributed by atoms with E-state index in [-0.39, 0.29) is 75.7 Å². The number of aliphatic hydroxyl groups is 1. The minimum Gasteiger partial charge on any atom is -0.494 e. The maximum absolute atomic E-state index is 14.0. The van der Waals surface area contributed by atoms with Crippen LogP contribution in [-0.4, -0.2) is 259 Å². The number of carbonyl (C=O) groups is 9. The Hall–Kier alpha value is -7.55. The standard InChI is InChI=1S/C65H91F2N11O14S/c1-3-51-38-65(66,67)43-78(51)60(84)39-71-62(87)53-19-23-68-55-18-17-52(37-54(53)55)92-35-7-5-9-50-20-25-77(26-21-50)64(89)57(81)42-93-36-24-70-63(88)56(11-4-6-22-69-58(82)12-8-10-49-15-13-48(2)14-16-49)72-59(83)40-73-27-28-74(41-61(85)86)30-32-76(45-91-47-80)34-33-75(31-29-73)44-90-46-79/h1,13-19,23,37,46-47,50-51,56-57,81H,4-12,20-22,24-36,38-45H2,2H3,(H,69,82)(H,70,88)(H,71,87)(H,72,83)(H,85,86)/t51-,56?,57?/m0/s1. The van der Waals surface area contributed by atoms with E-state index in [1.165, 1.54) is 29.6 Å². The number of hydrogen-bond donors (Lipinski definition) is 6. The van der Waals surface area contributed by atoms with Crippen LogP contribution in [0.2, 0.25) is 0 Å². The first-order valence-corrected chi connectivity index (χ1v) is 33.1. The number of alkyl halides is 2. The number of benzene rings is 2. The van der Waals surface area contributed by atoms with Gasteiger partial charge in [-0.25, -0.2) is 8.78 Å². The van der Waals surface area contributed by atoms with Crippen molar-refractivity contribution in [3.8, 4) is 18.1 Å². The van der Waals surface area contributed by atoms with E-state index >= 15 is 0 Å². The van der Waals surface area contributed by atoms with E-state index in [9.17, 15) is 62.1 Å². The van der Waals surface area contributed by atoms with Crippen LogP contribution in [0.15, 0.2) is 54.7 Å². The molecule has 3 aromatic rings. The van der Waals surface area contributed by atoms with Crippen LogP contribution in [0.25, 0.3) is 10.9 Å². The van der Waals surface area contributed by atoms with Crippen LogP contribution < -0.4 is 26.0 Å². The second kappa shape index (κ2) is 39.9. The lowest BCUT2D eigenvalue weighted by Crippen LogP contribution is -2.52. The van der Waals surface area contributed by atoms with Crippen molar-refractivity contribution < 1.29 is 76.4 Å². The molecule has 3 saturated heterocycles. The van der Waals surface area contributed by atoms with Crippen molar-refractivity contribution in [3.05, 3.63) is 71.4 Å². The van der Waals surface area contributed by atoms with Gasteiger partial charge < -0.3 is 55.5 Å². The van der Waals surface area contributed by atoms with Gasteiger partial charge in [-0.15, -0.1) is 6.42 Å². The fourth-order valence-corrected chi connectivity index (χ4v) is 12.1. The van der Waals surface area contributed by atoms with E-state index in [1.807, 2.05) is 33.8 Å². The molecular formula is C65H91F2N11O14S. The summed E-state index contributed by atoms with van der Waals surface area (Å²) in [5.41, 5.74) is 3.09. The van der Waals surface area contributed by atoms with Crippen LogP contribution in [0.1, 0.15) is 92.1 Å². The first-order valence-electron chi connectivity index (χ1n) is 31.9. The molecule has 0 spiro atoms. The summed E-state index contributed by atoms with van der Waals surface area (Å²) in [4.78, 5) is 128. The number of aliphatic carboxylic acids is 1. The number of carboxylic acids is 1. The van der Waals surface area contributed by atoms with E-state index in [1.54, 1.807) is 28.0 Å². The van der Waals surface area contributed by atoms with Crippen molar-refractivity contribution in [2.24, 2.45) is 5.92 Å². The number of carboxylic acid groups (broad SMARTS) is 1. The van der Waals surface area contributed by atoms with Crippen molar-refractivity contribution in [1.29, 1.82) is 0 Å². The van der Waals surface area contributed by atoms with E-state index in [4.69, 9.17) is 20.6 Å². The van der Waals surface area contributed by atoms with Crippen molar-refractivity contribution in [3.63, 3.8) is 0 Å². The van der Waals surface area contributed by atoms with Gasteiger partial charge in [-0.2, -0.15) is 11.8 Å². The largest absolute Gasteiger partial charge is 0.494 e. The average molecular weight is 1320 g/mol. The first-order chi connectivity index (χ1) is 44.8. The van der Waals surface area contributed by atoms with Gasteiger partial charge in [0.05, 0.1) is 49.9 Å². The van der Waals surface area contributed by atoms with Gasteiger partial charge in [0.15, 0.2) is 0 Å². The summed E-state index contributed by atoms with van der Waals surface area (Å²) in [6, 6.07) is 12.9. The van der Waals surface area contributed by atoms with Crippen LogP contribution in [0.5, 0.6) is 5.75 Å². The van der Waals surface area contributed by atoms with Crippen LogP contribution in [-0.2, 0) is 54.3 Å². The Bertz CT molecular complexity index is 2960. The molecule has 0 aliphatic carbocycles. The predicted octanol–water partition coefficient (Wildman–Crippen LogP) is 2.50. The number of ether oxygens (including phenoxy) is 3. The molecule has 93 heavy (non-hydrogen) atoms. The summed E-state index contributed by atoms with van der Waals surface area (Å²) < 4.78 is 44.0. The molecule has 2 aromatic carbocycles. The first kappa shape index (κ1) is 74.5. The number of amides is 6. The van der Waals surface area contributed by atoms with Gasteiger partial charge in [0.2, 0.25) is 23.6 Å². The van der Waals surface area contributed by atoms with Gasteiger partial charge in [0.25, 0.3) is 30.7 Å². The molecule has 4 heterocycles. The number of likely N-dealkylation sites (tertiary alicyclic amines) is 2. The third-order valence-electron chi connectivity index (χ3n) is 16.6. The highest BCUT2D eigenvalue weighted by molar-refractivity contribution is 7.99. The topological polar surface area (TPSA) is 302 Å². The maximum Gasteiger partial charge on any atom is 0.317 e. The number of aromatic nitrogens is 1. The second-order valence-corrected chi connectivity index (χ2v) is 24.9. The molecule has 6 rings (SSSR count). The molecule has 6 N–H and O–H groups in total. The van der Waals surface area contributed by atoms with Gasteiger partial charge in [0.1, 0.15) is 31.4 Å². The van der Waals surface area contributed by atoms with E-state index < -0.39 is 73.2 Å². The molecule has 28 heteroatoms. The van der Waals surface area contributed by atoms with E-state index in [0.29, 0.717) is 132 Å². The van der Waals surface area contributed by atoms with Crippen LogP contribution in [0.4, 0.5) is 8.78 Å². The average Bonchev–Trinajstić information content (AvgIpc) is 1.80. The smallest absolute Gasteiger partial charge is 0.317 e. The molecule has 6 amide bonds. The zero-order valence-corrected chi connectivity index (χ0v) is 54.0. The third kappa shape index (κ3) is 26.8. The summed E-state index contributed by atoms with van der Waals surface area (Å²) in [6.07, 6.45) is 12.2. The number of rotatable bonds is 36. The molecule has 510 valence electrons. The normalized spacial score (nSPS) is 17.8. The number of carbonyl (C=O) groups excluding carboxylic acids is 8. The number of nitrogens with one attached hydrogen (secondary N) is 4. The Morgan fingerprint density at radius 2 is 1.46 bits per heavy atom. The lowest BCUT2D eigenvalue weighted by atomic mass is 9.91. The minimum atomic E-state index is -3.10. The number of unbranched alkanes of at least 4 members (excludes halogenated alkanes) is 2. The summed E-state index contributed by atoms with van der Waals surface area (Å²) in [5.74, 6) is -3.10. The van der Waals surface area contributed by atoms with Crippen LogP contribution in [0, 0.1) is 25.2 Å². The number of aliphatic hydroxyl groups excluding tert-OH is 1.